The van der Waals surface area contributed by atoms with E-state index in [0.29, 0.717) is 8.95 Å². The average Bonchev–Trinajstić information content (AvgIpc) is 2.87. The monoisotopic (exact) mass is 394 g/mol. The van der Waals surface area contributed by atoms with E-state index in [0.717, 1.165) is 34.3 Å². The molecule has 2 nitrogen and oxygen atoms in total. The molecule has 3 rings (SSSR count). The molecule has 0 saturated carbocycles. The number of fused-ring (bicyclic) bond motifs is 1. The smallest absolute Gasteiger partial charge is 0.143 e. The molecule has 0 saturated heterocycles. The van der Waals surface area contributed by atoms with Crippen molar-refractivity contribution in [3.05, 3.63) is 51.1 Å². The van der Waals surface area contributed by atoms with Crippen molar-refractivity contribution in [1.29, 1.82) is 0 Å². The number of halogens is 2. The van der Waals surface area contributed by atoms with Crippen LogP contribution in [0, 0.1) is 0 Å². The maximum Gasteiger partial charge on any atom is 0.143 e. The minimum absolute atomic E-state index is 0.211. The Kier molecular flexibility index (Phi) is 3.61. The van der Waals surface area contributed by atoms with Gasteiger partial charge in [0.1, 0.15) is 17.1 Å². The lowest BCUT2D eigenvalue weighted by Crippen LogP contribution is -1.81. The van der Waals surface area contributed by atoms with Crippen LogP contribution in [0.1, 0.15) is 12.7 Å². The molecule has 0 spiro atoms. The van der Waals surface area contributed by atoms with Crippen molar-refractivity contribution in [2.45, 2.75) is 13.3 Å². The highest BCUT2D eigenvalue weighted by atomic mass is 79.9. The van der Waals surface area contributed by atoms with Gasteiger partial charge in [-0.25, -0.2) is 0 Å². The molecule has 102 valence electrons. The first-order valence-electron chi connectivity index (χ1n) is 6.30. The predicted molar refractivity (Wildman–Crippen MR) is 88.1 cm³/mol. The van der Waals surface area contributed by atoms with Crippen molar-refractivity contribution in [2.75, 3.05) is 0 Å². The van der Waals surface area contributed by atoms with Gasteiger partial charge < -0.3 is 9.52 Å². The fourth-order valence-electron chi connectivity index (χ4n) is 2.26. The van der Waals surface area contributed by atoms with Crippen LogP contribution in [-0.4, -0.2) is 5.11 Å². The Balaban J connectivity index is 2.26. The quantitative estimate of drug-likeness (QED) is 0.586. The number of aromatic hydroxyl groups is 1. The Morgan fingerprint density at radius 3 is 2.45 bits per heavy atom. The van der Waals surface area contributed by atoms with E-state index < -0.39 is 0 Å². The standard InChI is InChI=1S/C16H12Br2O2/c1-2-10-8-12-11(4-3-5-15(12)20-10)9-6-13(17)16(19)14(18)7-9/h3-8,19H,2H2,1H3. The summed E-state index contributed by atoms with van der Waals surface area (Å²) in [4.78, 5) is 0. The molecule has 0 fully saturated rings. The van der Waals surface area contributed by atoms with Crippen LogP contribution in [0.3, 0.4) is 0 Å². The molecule has 1 heterocycles. The van der Waals surface area contributed by atoms with Gasteiger partial charge in [0, 0.05) is 11.8 Å². The summed E-state index contributed by atoms with van der Waals surface area (Å²) in [5.74, 6) is 1.19. The van der Waals surface area contributed by atoms with Gasteiger partial charge in [0.15, 0.2) is 0 Å². The zero-order chi connectivity index (χ0) is 14.3. The number of benzene rings is 2. The molecule has 0 bridgehead atoms. The SMILES string of the molecule is CCc1cc2c(-c3cc(Br)c(O)c(Br)c3)cccc2o1. The van der Waals surface area contributed by atoms with Gasteiger partial charge in [-0.05, 0) is 67.3 Å². The van der Waals surface area contributed by atoms with Crippen LogP contribution in [0.25, 0.3) is 22.1 Å². The normalized spacial score (nSPS) is 11.2. The van der Waals surface area contributed by atoms with Crippen molar-refractivity contribution >= 4 is 42.8 Å². The van der Waals surface area contributed by atoms with Gasteiger partial charge in [-0.15, -0.1) is 0 Å². The van der Waals surface area contributed by atoms with Crippen molar-refractivity contribution < 1.29 is 9.52 Å². The highest BCUT2D eigenvalue weighted by molar-refractivity contribution is 9.11. The maximum absolute atomic E-state index is 9.82. The minimum atomic E-state index is 0.211. The third kappa shape index (κ3) is 2.27. The van der Waals surface area contributed by atoms with Crippen molar-refractivity contribution in [1.82, 2.24) is 0 Å². The lowest BCUT2D eigenvalue weighted by molar-refractivity contribution is 0.468. The molecule has 4 heteroatoms. The summed E-state index contributed by atoms with van der Waals surface area (Å²) in [5, 5.41) is 10.9. The van der Waals surface area contributed by atoms with Crippen LogP contribution < -0.4 is 0 Å². The maximum atomic E-state index is 9.82. The molecular formula is C16H12Br2O2. The largest absolute Gasteiger partial charge is 0.506 e. The van der Waals surface area contributed by atoms with Crippen LogP contribution in [0.5, 0.6) is 5.75 Å². The molecule has 2 aromatic carbocycles. The Hall–Kier alpha value is -1.26. The summed E-state index contributed by atoms with van der Waals surface area (Å²) in [7, 11) is 0. The Bertz CT molecular complexity index is 767. The lowest BCUT2D eigenvalue weighted by Gasteiger charge is -2.07. The second-order valence-electron chi connectivity index (χ2n) is 4.57. The van der Waals surface area contributed by atoms with Gasteiger partial charge >= 0.3 is 0 Å². The molecular weight excluding hydrogens is 384 g/mol. The van der Waals surface area contributed by atoms with E-state index in [4.69, 9.17) is 4.42 Å². The Labute approximate surface area is 133 Å². The van der Waals surface area contributed by atoms with Crippen molar-refractivity contribution in [2.24, 2.45) is 0 Å². The number of rotatable bonds is 2. The second kappa shape index (κ2) is 5.26. The number of hydrogen-bond acceptors (Lipinski definition) is 2. The second-order valence-corrected chi connectivity index (χ2v) is 6.28. The van der Waals surface area contributed by atoms with Gasteiger partial charge in [-0.2, -0.15) is 0 Å². The zero-order valence-corrected chi connectivity index (χ0v) is 14.0. The van der Waals surface area contributed by atoms with Crippen molar-refractivity contribution in [3.8, 4) is 16.9 Å². The van der Waals surface area contributed by atoms with E-state index in [9.17, 15) is 5.11 Å². The summed E-state index contributed by atoms with van der Waals surface area (Å²) in [6, 6.07) is 11.9. The molecule has 0 unspecified atom stereocenters. The number of furan rings is 1. The van der Waals surface area contributed by atoms with E-state index in [2.05, 4.69) is 50.9 Å². The molecule has 3 aromatic rings. The number of phenols is 1. The van der Waals surface area contributed by atoms with E-state index in [-0.39, 0.29) is 5.75 Å². The third-order valence-corrected chi connectivity index (χ3v) is 4.50. The lowest BCUT2D eigenvalue weighted by atomic mass is 10.0. The summed E-state index contributed by atoms with van der Waals surface area (Å²) in [6.07, 6.45) is 0.872. The molecule has 1 aromatic heterocycles. The van der Waals surface area contributed by atoms with Crippen LogP contribution in [-0.2, 0) is 6.42 Å². The summed E-state index contributed by atoms with van der Waals surface area (Å²) >= 11 is 6.75. The summed E-state index contributed by atoms with van der Waals surface area (Å²) in [6.45, 7) is 2.07. The minimum Gasteiger partial charge on any atom is -0.506 e. The predicted octanol–water partition coefficient (Wildman–Crippen LogP) is 5.89. The average molecular weight is 396 g/mol. The molecule has 0 radical (unpaired) electrons. The van der Waals surface area contributed by atoms with Gasteiger partial charge in [0.2, 0.25) is 0 Å². The first-order valence-corrected chi connectivity index (χ1v) is 7.88. The van der Waals surface area contributed by atoms with Crippen LogP contribution in [0.4, 0.5) is 0 Å². The Morgan fingerprint density at radius 1 is 1.10 bits per heavy atom. The van der Waals surface area contributed by atoms with Crippen LogP contribution >= 0.6 is 31.9 Å². The molecule has 0 aliphatic rings. The Morgan fingerprint density at radius 2 is 1.80 bits per heavy atom. The van der Waals surface area contributed by atoms with Crippen LogP contribution in [0.2, 0.25) is 0 Å². The van der Waals surface area contributed by atoms with Crippen LogP contribution in [0.15, 0.2) is 49.8 Å². The summed E-state index contributed by atoms with van der Waals surface area (Å²) in [5.41, 5.74) is 3.00. The van der Waals surface area contributed by atoms with Gasteiger partial charge in [0.05, 0.1) is 8.95 Å². The van der Waals surface area contributed by atoms with Gasteiger partial charge in [-0.1, -0.05) is 19.1 Å². The van der Waals surface area contributed by atoms with Crippen molar-refractivity contribution in [3.63, 3.8) is 0 Å². The van der Waals surface area contributed by atoms with E-state index >= 15 is 0 Å². The molecule has 0 amide bonds. The molecule has 0 aliphatic heterocycles. The molecule has 0 atom stereocenters. The first kappa shape index (κ1) is 13.7. The fourth-order valence-corrected chi connectivity index (χ4v) is 3.45. The summed E-state index contributed by atoms with van der Waals surface area (Å²) < 4.78 is 7.12. The molecule has 1 N–H and O–H groups in total. The number of phenolic OH excluding ortho intramolecular Hbond substituents is 1. The topological polar surface area (TPSA) is 33.4 Å². The molecule has 20 heavy (non-hydrogen) atoms. The first-order chi connectivity index (χ1) is 9.60. The van der Waals surface area contributed by atoms with E-state index in [1.807, 2.05) is 24.3 Å². The highest BCUT2D eigenvalue weighted by Gasteiger charge is 2.12. The van der Waals surface area contributed by atoms with Gasteiger partial charge in [0.25, 0.3) is 0 Å². The molecule has 0 aliphatic carbocycles. The zero-order valence-electron chi connectivity index (χ0n) is 10.8. The highest BCUT2D eigenvalue weighted by Crippen LogP contribution is 2.39. The fraction of sp³-hybridized carbons (Fsp3) is 0.125. The van der Waals surface area contributed by atoms with E-state index in [1.165, 1.54) is 0 Å². The number of hydrogen-bond donors (Lipinski definition) is 1. The number of aryl methyl sites for hydroxylation is 1. The third-order valence-electron chi connectivity index (χ3n) is 3.29. The van der Waals surface area contributed by atoms with Gasteiger partial charge in [-0.3, -0.25) is 0 Å². The van der Waals surface area contributed by atoms with E-state index in [1.54, 1.807) is 0 Å².